The number of hydrogen-bond donors (Lipinski definition) is 0. The Labute approximate surface area is 142 Å². The van der Waals surface area contributed by atoms with Gasteiger partial charge in [0.2, 0.25) is 0 Å². The van der Waals surface area contributed by atoms with Gasteiger partial charge in [-0.1, -0.05) is 11.6 Å². The molecule has 0 radical (unpaired) electrons. The smallest absolute Gasteiger partial charge is 0.346 e. The predicted molar refractivity (Wildman–Crippen MR) is 82.3 cm³/mol. The summed E-state index contributed by atoms with van der Waals surface area (Å²) in [5, 5.41) is 4.52. The lowest BCUT2D eigenvalue weighted by molar-refractivity contribution is -0.165. The molecule has 1 unspecified atom stereocenters. The van der Waals surface area contributed by atoms with Gasteiger partial charge in [-0.05, 0) is 19.1 Å². The summed E-state index contributed by atoms with van der Waals surface area (Å²) in [5.41, 5.74) is 0.547. The number of methoxy groups -OCH3 is 1. The molecule has 128 valence electrons. The Morgan fingerprint density at radius 2 is 2.12 bits per heavy atom. The van der Waals surface area contributed by atoms with Crippen molar-refractivity contribution in [2.75, 3.05) is 13.7 Å². The van der Waals surface area contributed by atoms with E-state index in [2.05, 4.69) is 19.8 Å². The first kappa shape index (κ1) is 17.7. The number of esters is 2. The van der Waals surface area contributed by atoms with E-state index >= 15 is 0 Å². The molecule has 1 atom stereocenters. The maximum atomic E-state index is 11.6. The number of carbonyl (C=O) groups is 2. The maximum absolute atomic E-state index is 11.6. The highest BCUT2D eigenvalue weighted by molar-refractivity contribution is 6.30. The zero-order valence-corrected chi connectivity index (χ0v) is 14.0. The van der Waals surface area contributed by atoms with Crippen molar-refractivity contribution in [2.45, 2.75) is 13.0 Å². The predicted octanol–water partition coefficient (Wildman–Crippen LogP) is 1.01. The summed E-state index contributed by atoms with van der Waals surface area (Å²) in [7, 11) is 2.86. The van der Waals surface area contributed by atoms with Crippen LogP contribution >= 0.6 is 11.6 Å². The summed E-state index contributed by atoms with van der Waals surface area (Å²) >= 11 is 5.79. The van der Waals surface area contributed by atoms with Gasteiger partial charge in [-0.15, -0.1) is 5.10 Å². The quantitative estimate of drug-likeness (QED) is 0.708. The van der Waals surface area contributed by atoms with Gasteiger partial charge in [-0.3, -0.25) is 4.98 Å². The molecule has 0 saturated heterocycles. The molecule has 0 bridgehead atoms. The van der Waals surface area contributed by atoms with Gasteiger partial charge >= 0.3 is 17.9 Å². The van der Waals surface area contributed by atoms with E-state index in [-0.39, 0.29) is 6.01 Å². The number of aromatic nitrogens is 4. The third kappa shape index (κ3) is 4.42. The van der Waals surface area contributed by atoms with E-state index in [0.717, 1.165) is 0 Å². The van der Waals surface area contributed by atoms with Gasteiger partial charge < -0.3 is 14.2 Å². The molecule has 0 aliphatic heterocycles. The average Bonchev–Trinajstić information content (AvgIpc) is 2.93. The minimum absolute atomic E-state index is 0.0214. The standard InChI is InChI=1S/C14H15ClN4O5/c1-8(13(21)22-3)24-11(20)7-23-14-17-12(19(2)18-14)10-5-4-9(15)6-16-10/h4-6,8H,7H2,1-3H3. The van der Waals surface area contributed by atoms with Gasteiger partial charge in [-0.2, -0.15) is 4.98 Å². The van der Waals surface area contributed by atoms with Gasteiger partial charge in [-0.25, -0.2) is 14.3 Å². The SMILES string of the molecule is COC(=O)C(C)OC(=O)COc1nc(-c2ccc(Cl)cn2)n(C)n1. The number of hydrogen-bond acceptors (Lipinski definition) is 8. The topological polar surface area (TPSA) is 105 Å². The normalized spacial score (nSPS) is 11.7. The van der Waals surface area contributed by atoms with Crippen LogP contribution in [0.4, 0.5) is 0 Å². The van der Waals surface area contributed by atoms with Gasteiger partial charge in [0.15, 0.2) is 18.5 Å². The molecule has 10 heteroatoms. The van der Waals surface area contributed by atoms with Crippen molar-refractivity contribution in [3.63, 3.8) is 0 Å². The molecule has 0 N–H and O–H groups in total. The molecule has 0 amide bonds. The second-order valence-electron chi connectivity index (χ2n) is 4.65. The molecule has 9 nitrogen and oxygen atoms in total. The Balaban J connectivity index is 1.97. The molecular weight excluding hydrogens is 340 g/mol. The summed E-state index contributed by atoms with van der Waals surface area (Å²) in [6.07, 6.45) is 0.467. The Morgan fingerprint density at radius 1 is 1.38 bits per heavy atom. The van der Waals surface area contributed by atoms with Gasteiger partial charge in [0.05, 0.1) is 12.1 Å². The molecule has 0 spiro atoms. The van der Waals surface area contributed by atoms with E-state index in [1.807, 2.05) is 0 Å². The summed E-state index contributed by atoms with van der Waals surface area (Å²) < 4.78 is 15.9. The first-order valence-corrected chi connectivity index (χ1v) is 7.21. The van der Waals surface area contributed by atoms with Crippen molar-refractivity contribution in [3.05, 3.63) is 23.4 Å². The van der Waals surface area contributed by atoms with Crippen LogP contribution in [-0.2, 0) is 26.1 Å². The van der Waals surface area contributed by atoms with Crippen molar-refractivity contribution in [1.29, 1.82) is 0 Å². The molecule has 0 fully saturated rings. The minimum Gasteiger partial charge on any atom is -0.466 e. The molecule has 0 aliphatic carbocycles. The van der Waals surface area contributed by atoms with Crippen LogP contribution in [0.25, 0.3) is 11.5 Å². The molecule has 24 heavy (non-hydrogen) atoms. The number of halogens is 1. The number of pyridine rings is 1. The fourth-order valence-electron chi connectivity index (χ4n) is 1.72. The number of aryl methyl sites for hydroxylation is 1. The maximum Gasteiger partial charge on any atom is 0.346 e. The van der Waals surface area contributed by atoms with Gasteiger partial charge in [0, 0.05) is 13.2 Å². The molecule has 2 rings (SSSR count). The van der Waals surface area contributed by atoms with Crippen molar-refractivity contribution >= 4 is 23.5 Å². The number of rotatable bonds is 6. The fraction of sp³-hybridized carbons (Fsp3) is 0.357. The van der Waals surface area contributed by atoms with Crippen molar-refractivity contribution in [2.24, 2.45) is 7.05 Å². The summed E-state index contributed by atoms with van der Waals surface area (Å²) in [6.45, 7) is 0.950. The minimum atomic E-state index is -1.02. The van der Waals surface area contributed by atoms with Crippen LogP contribution in [0.2, 0.25) is 5.02 Å². The van der Waals surface area contributed by atoms with Crippen LogP contribution < -0.4 is 4.74 Å². The lowest BCUT2D eigenvalue weighted by atomic mass is 10.3. The highest BCUT2D eigenvalue weighted by Crippen LogP contribution is 2.18. The average molecular weight is 355 g/mol. The van der Waals surface area contributed by atoms with Crippen LogP contribution in [0.3, 0.4) is 0 Å². The zero-order valence-electron chi connectivity index (χ0n) is 13.2. The molecule has 2 aromatic rings. The molecule has 2 aromatic heterocycles. The van der Waals surface area contributed by atoms with E-state index in [4.69, 9.17) is 21.1 Å². The van der Waals surface area contributed by atoms with Crippen LogP contribution in [0.5, 0.6) is 6.01 Å². The van der Waals surface area contributed by atoms with Crippen molar-refractivity contribution in [3.8, 4) is 17.5 Å². The highest BCUT2D eigenvalue weighted by atomic mass is 35.5. The van der Waals surface area contributed by atoms with Gasteiger partial charge in [0.1, 0.15) is 5.69 Å². The zero-order chi connectivity index (χ0) is 17.7. The van der Waals surface area contributed by atoms with E-state index < -0.39 is 24.6 Å². The molecule has 0 saturated carbocycles. The second kappa shape index (κ2) is 7.73. The lowest BCUT2D eigenvalue weighted by Gasteiger charge is -2.10. The summed E-state index contributed by atoms with van der Waals surface area (Å²) in [4.78, 5) is 31.0. The Morgan fingerprint density at radius 3 is 2.75 bits per heavy atom. The summed E-state index contributed by atoms with van der Waals surface area (Å²) in [5.74, 6) is -0.958. The Bertz CT molecular complexity index is 731. The van der Waals surface area contributed by atoms with E-state index in [1.165, 1.54) is 24.9 Å². The number of ether oxygens (including phenoxy) is 3. The van der Waals surface area contributed by atoms with Crippen molar-refractivity contribution < 1.29 is 23.8 Å². The fourth-order valence-corrected chi connectivity index (χ4v) is 1.83. The molecule has 0 aromatic carbocycles. The molecule has 2 heterocycles. The first-order chi connectivity index (χ1) is 11.4. The largest absolute Gasteiger partial charge is 0.466 e. The monoisotopic (exact) mass is 354 g/mol. The van der Waals surface area contributed by atoms with Gasteiger partial charge in [0.25, 0.3) is 0 Å². The third-order valence-electron chi connectivity index (χ3n) is 2.86. The van der Waals surface area contributed by atoms with Crippen LogP contribution in [0, 0.1) is 0 Å². The summed E-state index contributed by atoms with van der Waals surface area (Å²) in [6, 6.07) is 3.33. The van der Waals surface area contributed by atoms with Crippen LogP contribution in [-0.4, -0.2) is 51.5 Å². The van der Waals surface area contributed by atoms with E-state index in [9.17, 15) is 9.59 Å². The first-order valence-electron chi connectivity index (χ1n) is 6.83. The lowest BCUT2D eigenvalue weighted by Crippen LogP contribution is -2.28. The number of carbonyl (C=O) groups excluding carboxylic acids is 2. The van der Waals surface area contributed by atoms with Crippen LogP contribution in [0.15, 0.2) is 18.3 Å². The van der Waals surface area contributed by atoms with E-state index in [1.54, 1.807) is 19.2 Å². The molecular formula is C14H15ClN4O5. The Hall–Kier alpha value is -2.68. The number of nitrogens with zero attached hydrogens (tertiary/aromatic N) is 4. The third-order valence-corrected chi connectivity index (χ3v) is 3.08. The second-order valence-corrected chi connectivity index (χ2v) is 5.08. The van der Waals surface area contributed by atoms with Crippen molar-refractivity contribution in [1.82, 2.24) is 19.7 Å². The molecule has 0 aliphatic rings. The van der Waals surface area contributed by atoms with Crippen LogP contribution in [0.1, 0.15) is 6.92 Å². The highest BCUT2D eigenvalue weighted by Gasteiger charge is 2.19. The van der Waals surface area contributed by atoms with E-state index in [0.29, 0.717) is 16.5 Å². The Kier molecular flexibility index (Phi) is 5.69.